The van der Waals surface area contributed by atoms with Crippen LogP contribution in [0.4, 0.5) is 4.39 Å². The maximum absolute atomic E-state index is 13.9. The zero-order valence-corrected chi connectivity index (χ0v) is 17.3. The van der Waals surface area contributed by atoms with E-state index < -0.39 is 11.4 Å². The van der Waals surface area contributed by atoms with Crippen molar-refractivity contribution in [2.45, 2.75) is 27.4 Å². The molecule has 0 saturated carbocycles. The Hall–Kier alpha value is -2.77. The van der Waals surface area contributed by atoms with Crippen molar-refractivity contribution in [3.63, 3.8) is 0 Å². The van der Waals surface area contributed by atoms with Crippen molar-refractivity contribution >= 4 is 29.0 Å². The maximum Gasteiger partial charge on any atom is 0.277 e. The second-order valence-corrected chi connectivity index (χ2v) is 7.20. The van der Waals surface area contributed by atoms with Crippen LogP contribution in [0.1, 0.15) is 34.4 Å². The lowest BCUT2D eigenvalue weighted by atomic mass is 10.1. The quantitative estimate of drug-likeness (QED) is 0.552. The van der Waals surface area contributed by atoms with E-state index >= 15 is 0 Å². The molecular formula is C20H16Cl2FN3O3. The predicted octanol–water partition coefficient (Wildman–Crippen LogP) is 4.47. The Labute approximate surface area is 175 Å². The Morgan fingerprint density at radius 3 is 2.55 bits per heavy atom. The van der Waals surface area contributed by atoms with Crippen LogP contribution in [-0.2, 0) is 6.61 Å². The molecule has 0 fully saturated rings. The Morgan fingerprint density at radius 1 is 1.17 bits per heavy atom. The fourth-order valence-electron chi connectivity index (χ4n) is 2.73. The molecule has 0 aliphatic carbocycles. The van der Waals surface area contributed by atoms with Crippen LogP contribution in [0.3, 0.4) is 0 Å². The van der Waals surface area contributed by atoms with Crippen LogP contribution < -0.4 is 10.3 Å². The highest BCUT2D eigenvalue weighted by atomic mass is 35.5. The first kappa shape index (κ1) is 21.0. The van der Waals surface area contributed by atoms with Crippen LogP contribution in [0, 0.1) is 19.7 Å². The van der Waals surface area contributed by atoms with Gasteiger partial charge >= 0.3 is 0 Å². The number of hydrogen-bond acceptors (Lipinski definition) is 5. The third-order valence-corrected chi connectivity index (χ3v) is 4.78. The number of carbonyl (C=O) groups excluding carboxylic acids is 1. The van der Waals surface area contributed by atoms with Gasteiger partial charge in [0.25, 0.3) is 5.56 Å². The minimum Gasteiger partial charge on any atom is -0.485 e. The van der Waals surface area contributed by atoms with Crippen molar-refractivity contribution in [1.82, 2.24) is 14.5 Å². The summed E-state index contributed by atoms with van der Waals surface area (Å²) in [6, 6.07) is 4.22. The third kappa shape index (κ3) is 4.31. The van der Waals surface area contributed by atoms with Gasteiger partial charge in [-0.2, -0.15) is 0 Å². The number of hydrogen-bond donors (Lipinski definition) is 0. The summed E-state index contributed by atoms with van der Waals surface area (Å²) in [6.07, 6.45) is 2.82. The lowest BCUT2D eigenvalue weighted by Gasteiger charge is -2.16. The van der Waals surface area contributed by atoms with E-state index in [-0.39, 0.29) is 39.6 Å². The van der Waals surface area contributed by atoms with Gasteiger partial charge in [-0.15, -0.1) is 0 Å². The Kier molecular flexibility index (Phi) is 6.00. The zero-order valence-electron chi connectivity index (χ0n) is 15.8. The van der Waals surface area contributed by atoms with Crippen LogP contribution in [0.25, 0.3) is 5.69 Å². The second-order valence-electron chi connectivity index (χ2n) is 6.39. The van der Waals surface area contributed by atoms with E-state index in [1.807, 2.05) is 0 Å². The van der Waals surface area contributed by atoms with Gasteiger partial charge in [0, 0.05) is 31.1 Å². The number of aryl methyl sites for hydroxylation is 2. The van der Waals surface area contributed by atoms with E-state index in [2.05, 4.69) is 9.97 Å². The van der Waals surface area contributed by atoms with E-state index in [4.69, 9.17) is 27.9 Å². The van der Waals surface area contributed by atoms with E-state index in [0.717, 1.165) is 6.07 Å². The molecule has 0 N–H and O–H groups in total. The van der Waals surface area contributed by atoms with Gasteiger partial charge in [0.2, 0.25) is 0 Å². The molecule has 150 valence electrons. The molecule has 0 aromatic carbocycles. The minimum absolute atomic E-state index is 0.0309. The van der Waals surface area contributed by atoms with Crippen molar-refractivity contribution in [3.8, 4) is 11.4 Å². The van der Waals surface area contributed by atoms with Gasteiger partial charge in [-0.3, -0.25) is 24.1 Å². The largest absolute Gasteiger partial charge is 0.485 e. The van der Waals surface area contributed by atoms with Crippen molar-refractivity contribution in [2.75, 3.05) is 0 Å². The predicted molar refractivity (Wildman–Crippen MR) is 108 cm³/mol. The summed E-state index contributed by atoms with van der Waals surface area (Å²) in [6.45, 7) is 4.63. The first-order valence-corrected chi connectivity index (χ1v) is 9.27. The maximum atomic E-state index is 13.9. The number of Topliss-reactive ketones (excluding diaryl/α,β-unsaturated/α-hetero) is 1. The van der Waals surface area contributed by atoms with E-state index in [9.17, 15) is 14.0 Å². The molecule has 0 amide bonds. The molecule has 0 radical (unpaired) electrons. The Balaban J connectivity index is 2.00. The monoisotopic (exact) mass is 435 g/mol. The fraction of sp³-hybridized carbons (Fsp3) is 0.200. The highest BCUT2D eigenvalue weighted by Crippen LogP contribution is 2.26. The summed E-state index contributed by atoms with van der Waals surface area (Å²) >= 11 is 11.9. The molecule has 0 atom stereocenters. The average molecular weight is 436 g/mol. The van der Waals surface area contributed by atoms with E-state index in [1.54, 1.807) is 19.9 Å². The molecule has 6 nitrogen and oxygen atoms in total. The van der Waals surface area contributed by atoms with Gasteiger partial charge in [0.15, 0.2) is 5.78 Å². The average Bonchev–Trinajstić information content (AvgIpc) is 2.66. The van der Waals surface area contributed by atoms with Gasteiger partial charge in [0.05, 0.1) is 10.7 Å². The van der Waals surface area contributed by atoms with Crippen LogP contribution in [0.2, 0.25) is 10.0 Å². The van der Waals surface area contributed by atoms with Gasteiger partial charge in [-0.05, 0) is 31.5 Å². The lowest BCUT2D eigenvalue weighted by molar-refractivity contribution is 0.101. The summed E-state index contributed by atoms with van der Waals surface area (Å²) in [4.78, 5) is 32.5. The molecule has 0 unspecified atom stereocenters. The van der Waals surface area contributed by atoms with Crippen LogP contribution in [0.15, 0.2) is 35.4 Å². The van der Waals surface area contributed by atoms with E-state index in [1.165, 1.54) is 30.0 Å². The Morgan fingerprint density at radius 2 is 1.90 bits per heavy atom. The van der Waals surface area contributed by atoms with Gasteiger partial charge in [0.1, 0.15) is 34.6 Å². The molecular weight excluding hydrogens is 420 g/mol. The third-order valence-electron chi connectivity index (χ3n) is 4.22. The topological polar surface area (TPSA) is 74.1 Å². The summed E-state index contributed by atoms with van der Waals surface area (Å²) in [5, 5.41) is -0.00839. The van der Waals surface area contributed by atoms with Crippen molar-refractivity contribution in [1.29, 1.82) is 0 Å². The number of nitrogens with zero attached hydrogens (tertiary/aromatic N) is 3. The normalized spacial score (nSPS) is 10.8. The summed E-state index contributed by atoms with van der Waals surface area (Å²) in [5.41, 5.74) is 1.43. The Bertz CT molecular complexity index is 1180. The highest BCUT2D eigenvalue weighted by Gasteiger charge is 2.17. The number of ether oxygens (including phenoxy) is 1. The standard InChI is InChI=1S/C20H16Cl2FN3O3/c1-10-7-24-15(12(3)27)6-17(10)26-11(2)4-18(19(22)20(26)28)29-9-16-14(23)5-13(21)8-25-16/h4-8H,9H2,1-3H3. The van der Waals surface area contributed by atoms with Crippen LogP contribution >= 0.6 is 23.2 Å². The molecule has 9 heteroatoms. The van der Waals surface area contributed by atoms with E-state index in [0.29, 0.717) is 16.9 Å². The molecule has 3 heterocycles. The number of halogens is 3. The highest BCUT2D eigenvalue weighted by molar-refractivity contribution is 6.31. The first-order chi connectivity index (χ1) is 13.7. The zero-order chi connectivity index (χ0) is 21.3. The lowest BCUT2D eigenvalue weighted by Crippen LogP contribution is -2.23. The van der Waals surface area contributed by atoms with Gasteiger partial charge < -0.3 is 4.74 Å². The summed E-state index contributed by atoms with van der Waals surface area (Å²) in [5.74, 6) is -0.747. The number of ketones is 1. The summed E-state index contributed by atoms with van der Waals surface area (Å²) in [7, 11) is 0. The molecule has 0 saturated heterocycles. The molecule has 3 aromatic heterocycles. The molecule has 0 aliphatic heterocycles. The molecule has 0 bridgehead atoms. The molecule has 3 aromatic rings. The molecule has 0 spiro atoms. The number of aromatic nitrogens is 3. The van der Waals surface area contributed by atoms with Crippen LogP contribution in [0.5, 0.6) is 5.75 Å². The molecule has 3 rings (SSSR count). The minimum atomic E-state index is -0.622. The first-order valence-electron chi connectivity index (χ1n) is 8.52. The number of pyridine rings is 3. The number of rotatable bonds is 5. The SMILES string of the molecule is CC(=O)c1cc(-n2c(C)cc(OCc3ncc(Cl)cc3F)c(Cl)c2=O)c(C)cn1. The second kappa shape index (κ2) is 8.31. The van der Waals surface area contributed by atoms with Crippen molar-refractivity contribution in [2.24, 2.45) is 0 Å². The molecule has 29 heavy (non-hydrogen) atoms. The smallest absolute Gasteiger partial charge is 0.277 e. The fourth-order valence-corrected chi connectivity index (χ4v) is 3.07. The van der Waals surface area contributed by atoms with Gasteiger partial charge in [-0.1, -0.05) is 23.2 Å². The summed E-state index contributed by atoms with van der Waals surface area (Å²) < 4.78 is 20.8. The molecule has 0 aliphatic rings. The van der Waals surface area contributed by atoms with Crippen molar-refractivity contribution < 1.29 is 13.9 Å². The van der Waals surface area contributed by atoms with Gasteiger partial charge in [-0.25, -0.2) is 4.39 Å². The number of carbonyl (C=O) groups is 1. The van der Waals surface area contributed by atoms with Crippen molar-refractivity contribution in [3.05, 3.63) is 79.5 Å². The van der Waals surface area contributed by atoms with Crippen LogP contribution in [-0.4, -0.2) is 20.3 Å².